The summed E-state index contributed by atoms with van der Waals surface area (Å²) in [5.74, 6) is 0.807. The number of aromatic nitrogens is 1. The first kappa shape index (κ1) is 18.0. The van der Waals surface area contributed by atoms with E-state index in [2.05, 4.69) is 10.3 Å². The van der Waals surface area contributed by atoms with Crippen molar-refractivity contribution < 1.29 is 9.53 Å². The average molecular weight is 399 g/mol. The van der Waals surface area contributed by atoms with Gasteiger partial charge in [0, 0.05) is 22.5 Å². The topological polar surface area (TPSA) is 51.2 Å². The molecule has 1 aliphatic carbocycles. The van der Waals surface area contributed by atoms with E-state index >= 15 is 0 Å². The van der Waals surface area contributed by atoms with Gasteiger partial charge in [-0.05, 0) is 48.2 Å². The molecule has 1 saturated carbocycles. The zero-order chi connectivity index (χ0) is 18.9. The van der Waals surface area contributed by atoms with Crippen LogP contribution in [0.15, 0.2) is 54.7 Å². The number of carbonyl (C=O) groups is 1. The molecule has 0 aliphatic heterocycles. The van der Waals surface area contributed by atoms with Crippen molar-refractivity contribution >= 4 is 34.0 Å². The molecule has 0 saturated heterocycles. The second-order valence-corrected chi connectivity index (χ2v) is 8.25. The number of carbonyl (C=O) groups excluding carboxylic acids is 1. The molecule has 2 aromatic carbocycles. The Hall–Kier alpha value is -2.37. The van der Waals surface area contributed by atoms with E-state index in [0.29, 0.717) is 5.13 Å². The number of halogens is 1. The molecule has 4 nitrogen and oxygen atoms in total. The van der Waals surface area contributed by atoms with Crippen molar-refractivity contribution in [3.8, 4) is 5.75 Å². The molecule has 0 unspecified atom stereocenters. The maximum atomic E-state index is 12.9. The average Bonchev–Trinajstić information content (AvgIpc) is 3.39. The second kappa shape index (κ2) is 7.33. The van der Waals surface area contributed by atoms with Gasteiger partial charge in [-0.25, -0.2) is 4.98 Å². The summed E-state index contributed by atoms with van der Waals surface area (Å²) in [5, 5.41) is 4.37. The summed E-state index contributed by atoms with van der Waals surface area (Å²) in [6, 6.07) is 15.5. The Kier molecular flexibility index (Phi) is 4.89. The first-order valence-electron chi connectivity index (χ1n) is 8.74. The lowest BCUT2D eigenvalue weighted by molar-refractivity contribution is -0.118. The zero-order valence-electron chi connectivity index (χ0n) is 14.9. The monoisotopic (exact) mass is 398 g/mol. The Bertz CT molecular complexity index is 947. The van der Waals surface area contributed by atoms with Gasteiger partial charge in [-0.15, -0.1) is 11.3 Å². The van der Waals surface area contributed by atoms with E-state index in [4.69, 9.17) is 16.3 Å². The predicted molar refractivity (Wildman–Crippen MR) is 109 cm³/mol. The van der Waals surface area contributed by atoms with Gasteiger partial charge in [0.15, 0.2) is 5.13 Å². The molecule has 1 fully saturated rings. The third kappa shape index (κ3) is 3.84. The number of nitrogens with zero attached hydrogens (tertiary/aromatic N) is 1. The number of ether oxygens (including phenoxy) is 1. The molecule has 0 spiro atoms. The number of nitrogens with one attached hydrogen (secondary N) is 1. The molecule has 138 valence electrons. The highest BCUT2D eigenvalue weighted by Gasteiger charge is 2.51. The van der Waals surface area contributed by atoms with Crippen molar-refractivity contribution in [2.45, 2.75) is 24.7 Å². The fraction of sp³-hybridized carbons (Fsp3) is 0.238. The van der Waals surface area contributed by atoms with Crippen molar-refractivity contribution in [2.24, 2.45) is 0 Å². The van der Waals surface area contributed by atoms with Crippen LogP contribution in [0.3, 0.4) is 0 Å². The largest absolute Gasteiger partial charge is 0.497 e. The van der Waals surface area contributed by atoms with Crippen molar-refractivity contribution in [1.29, 1.82) is 0 Å². The van der Waals surface area contributed by atoms with Crippen LogP contribution in [0, 0.1) is 0 Å². The zero-order valence-corrected chi connectivity index (χ0v) is 16.4. The summed E-state index contributed by atoms with van der Waals surface area (Å²) in [6.45, 7) is 0. The van der Waals surface area contributed by atoms with Gasteiger partial charge in [-0.2, -0.15) is 0 Å². The van der Waals surface area contributed by atoms with Crippen molar-refractivity contribution in [1.82, 2.24) is 4.98 Å². The number of amides is 1. The van der Waals surface area contributed by atoms with Crippen LogP contribution in [0.1, 0.15) is 28.8 Å². The van der Waals surface area contributed by atoms with Crippen LogP contribution in [-0.2, 0) is 16.6 Å². The number of methoxy groups -OCH3 is 1. The van der Waals surface area contributed by atoms with Crippen LogP contribution in [0.5, 0.6) is 5.75 Å². The summed E-state index contributed by atoms with van der Waals surface area (Å²) in [5.41, 5.74) is 1.76. The van der Waals surface area contributed by atoms with Crippen LogP contribution in [0.25, 0.3) is 0 Å². The molecule has 6 heteroatoms. The van der Waals surface area contributed by atoms with Crippen molar-refractivity contribution in [3.63, 3.8) is 0 Å². The van der Waals surface area contributed by atoms with Crippen LogP contribution < -0.4 is 10.1 Å². The normalized spacial score (nSPS) is 14.6. The summed E-state index contributed by atoms with van der Waals surface area (Å²) in [6.07, 6.45) is 4.30. The SMILES string of the molecule is COc1ccc(C2(C(=O)Nc3ncc(Cc4ccc(Cl)cc4)s3)CC2)cc1. The van der Waals surface area contributed by atoms with Crippen LogP contribution in [-0.4, -0.2) is 18.0 Å². The minimum atomic E-state index is -0.436. The highest BCUT2D eigenvalue weighted by atomic mass is 35.5. The lowest BCUT2D eigenvalue weighted by Crippen LogP contribution is -2.27. The molecule has 4 rings (SSSR count). The van der Waals surface area contributed by atoms with E-state index in [1.807, 2.05) is 54.7 Å². The van der Waals surface area contributed by atoms with Crippen LogP contribution in [0.2, 0.25) is 5.02 Å². The van der Waals surface area contributed by atoms with E-state index in [0.717, 1.165) is 46.0 Å². The van der Waals surface area contributed by atoms with E-state index in [1.165, 1.54) is 11.3 Å². The number of rotatable bonds is 6. The van der Waals surface area contributed by atoms with Crippen molar-refractivity contribution in [2.75, 3.05) is 12.4 Å². The molecule has 3 aromatic rings. The van der Waals surface area contributed by atoms with Gasteiger partial charge in [0.25, 0.3) is 0 Å². The Balaban J connectivity index is 1.43. The molecule has 1 amide bonds. The van der Waals surface area contributed by atoms with E-state index in [-0.39, 0.29) is 5.91 Å². The molecule has 0 radical (unpaired) electrons. The molecule has 1 aromatic heterocycles. The summed E-state index contributed by atoms with van der Waals surface area (Å²) < 4.78 is 5.20. The highest BCUT2D eigenvalue weighted by Crippen LogP contribution is 2.49. The van der Waals surface area contributed by atoms with Gasteiger partial charge in [0.05, 0.1) is 12.5 Å². The molecule has 27 heavy (non-hydrogen) atoms. The predicted octanol–water partition coefficient (Wildman–Crippen LogP) is 5.07. The molecular formula is C21H19ClN2O2S. The molecular weight excluding hydrogens is 380 g/mol. The lowest BCUT2D eigenvalue weighted by atomic mass is 9.95. The first-order chi connectivity index (χ1) is 13.1. The third-order valence-corrected chi connectivity index (χ3v) is 6.06. The van der Waals surface area contributed by atoms with Gasteiger partial charge >= 0.3 is 0 Å². The molecule has 1 N–H and O–H groups in total. The maximum absolute atomic E-state index is 12.9. The first-order valence-corrected chi connectivity index (χ1v) is 9.94. The van der Waals surface area contributed by atoms with E-state index in [1.54, 1.807) is 7.11 Å². The fourth-order valence-electron chi connectivity index (χ4n) is 3.15. The lowest BCUT2D eigenvalue weighted by Gasteiger charge is -2.15. The summed E-state index contributed by atoms with van der Waals surface area (Å²) in [7, 11) is 1.64. The summed E-state index contributed by atoms with van der Waals surface area (Å²) in [4.78, 5) is 18.3. The van der Waals surface area contributed by atoms with Gasteiger partial charge in [0.1, 0.15) is 5.75 Å². The molecule has 0 bridgehead atoms. The molecule has 1 aliphatic rings. The second-order valence-electron chi connectivity index (χ2n) is 6.70. The van der Waals surface area contributed by atoms with Gasteiger partial charge < -0.3 is 10.1 Å². The standard InChI is InChI=1S/C21H19ClN2O2S/c1-26-17-8-4-15(5-9-17)21(10-11-21)19(25)24-20-23-13-18(27-20)12-14-2-6-16(22)7-3-14/h2-9,13H,10-12H2,1H3,(H,23,24,25). The Morgan fingerprint density at radius 3 is 2.52 bits per heavy atom. The maximum Gasteiger partial charge on any atom is 0.236 e. The van der Waals surface area contributed by atoms with E-state index < -0.39 is 5.41 Å². The number of hydrogen-bond donors (Lipinski definition) is 1. The molecule has 1 heterocycles. The Morgan fingerprint density at radius 1 is 1.19 bits per heavy atom. The molecule has 0 atom stereocenters. The number of thiazole rings is 1. The quantitative estimate of drug-likeness (QED) is 0.630. The van der Waals surface area contributed by atoms with Crippen LogP contribution >= 0.6 is 22.9 Å². The summed E-state index contributed by atoms with van der Waals surface area (Å²) >= 11 is 7.44. The van der Waals surface area contributed by atoms with Crippen molar-refractivity contribution in [3.05, 3.63) is 75.8 Å². The van der Waals surface area contributed by atoms with Gasteiger partial charge in [0.2, 0.25) is 5.91 Å². The Morgan fingerprint density at radius 2 is 1.89 bits per heavy atom. The van der Waals surface area contributed by atoms with Gasteiger partial charge in [-0.1, -0.05) is 35.9 Å². The smallest absolute Gasteiger partial charge is 0.236 e. The number of hydrogen-bond acceptors (Lipinski definition) is 4. The highest BCUT2D eigenvalue weighted by molar-refractivity contribution is 7.15. The third-order valence-electron chi connectivity index (χ3n) is 4.89. The van der Waals surface area contributed by atoms with Gasteiger partial charge in [-0.3, -0.25) is 4.79 Å². The van der Waals surface area contributed by atoms with E-state index in [9.17, 15) is 4.79 Å². The minimum absolute atomic E-state index is 0.0139. The number of anilines is 1. The van der Waals surface area contributed by atoms with Crippen LogP contribution in [0.4, 0.5) is 5.13 Å². The Labute approximate surface area is 167 Å². The number of benzene rings is 2. The minimum Gasteiger partial charge on any atom is -0.497 e. The fourth-order valence-corrected chi connectivity index (χ4v) is 4.12.